The van der Waals surface area contributed by atoms with Gasteiger partial charge in [0, 0.05) is 17.3 Å². The van der Waals surface area contributed by atoms with Crippen LogP contribution in [0.15, 0.2) is 48.5 Å². The first-order chi connectivity index (χ1) is 15.6. The fourth-order valence-electron chi connectivity index (χ4n) is 5.53. The number of nitrogens with one attached hydrogen (secondary N) is 1. The van der Waals surface area contributed by atoms with Crippen LogP contribution in [0.2, 0.25) is 0 Å². The summed E-state index contributed by atoms with van der Waals surface area (Å²) in [5, 5.41) is 12.7. The van der Waals surface area contributed by atoms with E-state index in [2.05, 4.69) is 5.32 Å². The maximum atomic E-state index is 14.2. The van der Waals surface area contributed by atoms with Crippen LogP contribution in [0.4, 0.5) is 17.6 Å². The number of carbonyl (C=O) groups excluding carboxylic acids is 1. The molecule has 1 heterocycles. The molecule has 4 rings (SSSR count). The van der Waals surface area contributed by atoms with Crippen molar-refractivity contribution in [3.63, 3.8) is 0 Å². The van der Waals surface area contributed by atoms with E-state index in [1.807, 2.05) is 0 Å². The molecule has 174 valence electrons. The summed E-state index contributed by atoms with van der Waals surface area (Å²) in [6.07, 6.45) is -1.63. The van der Waals surface area contributed by atoms with Gasteiger partial charge >= 0.3 is 12.1 Å². The molecule has 0 amide bonds. The van der Waals surface area contributed by atoms with Gasteiger partial charge in [-0.1, -0.05) is 30.3 Å². The topological polar surface area (TPSA) is 66.4 Å². The van der Waals surface area contributed by atoms with Crippen molar-refractivity contribution >= 4 is 17.8 Å². The number of fused-ring (bicyclic) bond motifs is 2. The Morgan fingerprint density at radius 1 is 1.12 bits per heavy atom. The van der Waals surface area contributed by atoms with E-state index in [-0.39, 0.29) is 12.0 Å². The lowest BCUT2D eigenvalue weighted by molar-refractivity contribution is -0.139. The molecule has 33 heavy (non-hydrogen) atoms. The summed E-state index contributed by atoms with van der Waals surface area (Å²) in [6, 6.07) is 9.13. The third kappa shape index (κ3) is 4.31. The number of hydrogen-bond donors (Lipinski definition) is 2. The Balaban J connectivity index is 1.78. The summed E-state index contributed by atoms with van der Waals surface area (Å²) in [5.74, 6) is -3.50. The normalized spacial score (nSPS) is 21.9. The van der Waals surface area contributed by atoms with Crippen LogP contribution in [0.5, 0.6) is 0 Å². The minimum atomic E-state index is -4.58. The van der Waals surface area contributed by atoms with Crippen LogP contribution in [-0.2, 0) is 21.2 Å². The minimum Gasteiger partial charge on any atom is -0.481 e. The smallest absolute Gasteiger partial charge is 0.416 e. The number of benzene rings is 2. The van der Waals surface area contributed by atoms with Crippen molar-refractivity contribution in [2.24, 2.45) is 5.92 Å². The molecule has 2 atom stereocenters. The number of alkyl halides is 3. The van der Waals surface area contributed by atoms with Crippen LogP contribution in [-0.4, -0.2) is 29.9 Å². The van der Waals surface area contributed by atoms with Crippen LogP contribution >= 0.6 is 0 Å². The van der Waals surface area contributed by atoms with Gasteiger partial charge in [0.2, 0.25) is 0 Å². The number of ketones is 1. The molecule has 0 radical (unpaired) electrons. The minimum absolute atomic E-state index is 0.144. The van der Waals surface area contributed by atoms with E-state index in [0.29, 0.717) is 37.1 Å². The van der Waals surface area contributed by atoms with E-state index in [1.165, 1.54) is 36.4 Å². The van der Waals surface area contributed by atoms with E-state index >= 15 is 0 Å². The first-order valence-electron chi connectivity index (χ1n) is 10.7. The van der Waals surface area contributed by atoms with Gasteiger partial charge < -0.3 is 10.4 Å². The zero-order valence-electron chi connectivity index (χ0n) is 17.7. The molecule has 2 unspecified atom stereocenters. The second kappa shape index (κ2) is 8.74. The Hall–Kier alpha value is -3.00. The average molecular weight is 461 g/mol. The molecule has 2 aliphatic rings. The molecule has 2 aromatic carbocycles. The standard InChI is InChI=1S/C25H23F4NO3/c26-16-6-7-17-18(14-22(32)33)23(24(20(17)13-16)9-11-30-12-10-24)21(31)8-5-15-3-1-2-4-19(15)25(27,28)29/h1-8,13,18,23,30H,9-12,14H2,(H,32,33). The molecular formula is C25H23F4NO3. The highest BCUT2D eigenvalue weighted by atomic mass is 19.4. The number of halogens is 4. The monoisotopic (exact) mass is 461 g/mol. The van der Waals surface area contributed by atoms with Crippen LogP contribution in [0.1, 0.15) is 47.4 Å². The van der Waals surface area contributed by atoms with Crippen molar-refractivity contribution in [3.8, 4) is 0 Å². The number of hydrogen-bond acceptors (Lipinski definition) is 3. The maximum Gasteiger partial charge on any atom is 0.416 e. The SMILES string of the molecule is O=C(O)CC1c2ccc(F)cc2C2(CCNCC2)C1C(=O)C=Cc1ccccc1C(F)(F)F. The number of carboxylic acid groups (broad SMARTS) is 1. The number of rotatable bonds is 5. The summed E-state index contributed by atoms with van der Waals surface area (Å²) >= 11 is 0. The third-order valence-corrected chi connectivity index (χ3v) is 6.84. The molecule has 1 aliphatic heterocycles. The zero-order chi connectivity index (χ0) is 23.8. The van der Waals surface area contributed by atoms with Gasteiger partial charge in [-0.05, 0) is 66.9 Å². The quantitative estimate of drug-likeness (QED) is 0.489. The maximum absolute atomic E-state index is 14.2. The number of piperidine rings is 1. The van der Waals surface area contributed by atoms with Gasteiger partial charge in [-0.25, -0.2) is 4.39 Å². The molecule has 0 aromatic heterocycles. The second-order valence-corrected chi connectivity index (χ2v) is 8.64. The van der Waals surface area contributed by atoms with Gasteiger partial charge in [-0.15, -0.1) is 0 Å². The number of allylic oxidation sites excluding steroid dienone is 1. The van der Waals surface area contributed by atoms with Crippen molar-refractivity contribution in [3.05, 3.63) is 76.6 Å². The summed E-state index contributed by atoms with van der Waals surface area (Å²) < 4.78 is 54.3. The van der Waals surface area contributed by atoms with Crippen LogP contribution < -0.4 is 5.32 Å². The van der Waals surface area contributed by atoms with E-state index < -0.39 is 46.6 Å². The van der Waals surface area contributed by atoms with E-state index in [0.717, 1.165) is 18.2 Å². The molecule has 1 fully saturated rings. The lowest BCUT2D eigenvalue weighted by atomic mass is 9.65. The van der Waals surface area contributed by atoms with Crippen molar-refractivity contribution in [1.82, 2.24) is 5.32 Å². The predicted octanol–water partition coefficient (Wildman–Crippen LogP) is 4.94. The lowest BCUT2D eigenvalue weighted by Gasteiger charge is -2.40. The van der Waals surface area contributed by atoms with E-state index in [4.69, 9.17) is 0 Å². The van der Waals surface area contributed by atoms with Crippen molar-refractivity contribution in [1.29, 1.82) is 0 Å². The van der Waals surface area contributed by atoms with E-state index in [9.17, 15) is 32.3 Å². The molecule has 1 saturated heterocycles. The van der Waals surface area contributed by atoms with Gasteiger partial charge in [0.1, 0.15) is 5.82 Å². The molecule has 2 aromatic rings. The highest BCUT2D eigenvalue weighted by Crippen LogP contribution is 2.56. The Kier molecular flexibility index (Phi) is 6.14. The molecule has 1 aliphatic carbocycles. The van der Waals surface area contributed by atoms with Gasteiger partial charge in [0.25, 0.3) is 0 Å². The highest BCUT2D eigenvalue weighted by molar-refractivity contribution is 5.98. The second-order valence-electron chi connectivity index (χ2n) is 8.64. The number of carboxylic acids is 1. The Bertz CT molecular complexity index is 1100. The lowest BCUT2D eigenvalue weighted by Crippen LogP contribution is -2.46. The molecular weight excluding hydrogens is 438 g/mol. The third-order valence-electron chi connectivity index (χ3n) is 6.84. The van der Waals surface area contributed by atoms with Crippen LogP contribution in [0.3, 0.4) is 0 Å². The Morgan fingerprint density at radius 2 is 1.82 bits per heavy atom. The predicted molar refractivity (Wildman–Crippen MR) is 114 cm³/mol. The number of aliphatic carboxylic acids is 1. The van der Waals surface area contributed by atoms with Gasteiger partial charge in [-0.2, -0.15) is 13.2 Å². The van der Waals surface area contributed by atoms with Gasteiger partial charge in [0.15, 0.2) is 5.78 Å². The Labute approximate surface area is 188 Å². The van der Waals surface area contributed by atoms with Crippen molar-refractivity contribution in [2.45, 2.75) is 36.8 Å². The van der Waals surface area contributed by atoms with Crippen molar-refractivity contribution < 1.29 is 32.3 Å². The average Bonchev–Trinajstić information content (AvgIpc) is 3.00. The first-order valence-corrected chi connectivity index (χ1v) is 10.7. The molecule has 0 saturated carbocycles. The van der Waals surface area contributed by atoms with Crippen molar-refractivity contribution in [2.75, 3.05) is 13.1 Å². The highest BCUT2D eigenvalue weighted by Gasteiger charge is 2.55. The summed E-state index contributed by atoms with van der Waals surface area (Å²) in [6.45, 7) is 1.14. The van der Waals surface area contributed by atoms with Gasteiger partial charge in [0.05, 0.1) is 12.0 Å². The summed E-state index contributed by atoms with van der Waals surface area (Å²) in [5.41, 5.74) is -0.507. The van der Waals surface area contributed by atoms with Crippen LogP contribution in [0.25, 0.3) is 6.08 Å². The first kappa shape index (κ1) is 23.2. The van der Waals surface area contributed by atoms with Crippen LogP contribution in [0, 0.1) is 11.7 Å². The largest absolute Gasteiger partial charge is 0.481 e. The molecule has 8 heteroatoms. The zero-order valence-corrected chi connectivity index (χ0v) is 17.7. The molecule has 1 spiro atoms. The van der Waals surface area contributed by atoms with Gasteiger partial charge in [-0.3, -0.25) is 9.59 Å². The summed E-state index contributed by atoms with van der Waals surface area (Å²) in [7, 11) is 0. The van der Waals surface area contributed by atoms with E-state index in [1.54, 1.807) is 0 Å². The molecule has 0 bridgehead atoms. The molecule has 4 nitrogen and oxygen atoms in total. The fraction of sp³-hybridized carbons (Fsp3) is 0.360. The molecule has 2 N–H and O–H groups in total. The summed E-state index contributed by atoms with van der Waals surface area (Å²) in [4.78, 5) is 25.2. The number of carbonyl (C=O) groups is 2. The Morgan fingerprint density at radius 3 is 2.48 bits per heavy atom. The fourth-order valence-corrected chi connectivity index (χ4v) is 5.53.